The van der Waals surface area contributed by atoms with E-state index in [0.29, 0.717) is 11.1 Å². The number of methoxy groups -OCH3 is 1. The molecule has 2 rings (SSSR count). The van der Waals surface area contributed by atoms with Gasteiger partial charge in [0.05, 0.1) is 23.9 Å². The van der Waals surface area contributed by atoms with Gasteiger partial charge in [-0.25, -0.2) is 0 Å². The molecular formula is C14H15NO2S. The maximum absolute atomic E-state index is 9.84. The van der Waals surface area contributed by atoms with Gasteiger partial charge in [-0.3, -0.25) is 0 Å². The highest BCUT2D eigenvalue weighted by Crippen LogP contribution is 2.22. The van der Waals surface area contributed by atoms with E-state index in [4.69, 9.17) is 17.0 Å². The van der Waals surface area contributed by atoms with Gasteiger partial charge in [0.2, 0.25) is 0 Å². The van der Waals surface area contributed by atoms with Crippen molar-refractivity contribution in [1.82, 2.24) is 4.57 Å². The van der Waals surface area contributed by atoms with Crippen molar-refractivity contribution in [3.8, 4) is 11.5 Å². The van der Waals surface area contributed by atoms with E-state index in [1.807, 2.05) is 42.0 Å². The minimum absolute atomic E-state index is 0.169. The Morgan fingerprint density at radius 3 is 2.72 bits per heavy atom. The van der Waals surface area contributed by atoms with Crippen molar-refractivity contribution >= 4 is 12.2 Å². The number of para-hydroxylation sites is 1. The van der Waals surface area contributed by atoms with Crippen molar-refractivity contribution in [2.24, 2.45) is 0 Å². The van der Waals surface area contributed by atoms with Gasteiger partial charge in [-0.15, -0.1) is 0 Å². The van der Waals surface area contributed by atoms with Crippen LogP contribution in [0.2, 0.25) is 0 Å². The van der Waals surface area contributed by atoms with Crippen LogP contribution in [-0.2, 0) is 6.54 Å². The third-order valence-electron chi connectivity index (χ3n) is 2.95. The van der Waals surface area contributed by atoms with Crippen molar-refractivity contribution in [2.75, 3.05) is 7.11 Å². The van der Waals surface area contributed by atoms with Gasteiger partial charge in [0, 0.05) is 11.8 Å². The summed E-state index contributed by atoms with van der Waals surface area (Å²) in [6.07, 6.45) is 1.88. The van der Waals surface area contributed by atoms with Gasteiger partial charge >= 0.3 is 0 Å². The number of hydrogen-bond donors (Lipinski definition) is 1. The van der Waals surface area contributed by atoms with Gasteiger partial charge in [-0.1, -0.05) is 30.4 Å². The number of nitrogens with zero attached hydrogens (tertiary/aromatic N) is 1. The van der Waals surface area contributed by atoms with E-state index in [0.717, 1.165) is 17.0 Å². The molecule has 0 radical (unpaired) electrons. The second-order valence-electron chi connectivity index (χ2n) is 4.05. The molecule has 1 heterocycles. The standard InChI is InChI=1S/C14H15NO2S/c1-10-14(16)13(18)7-8-15(10)9-11-5-3-4-6-12(11)17-2/h3-8,16H,9H2,1-2H3. The van der Waals surface area contributed by atoms with Crippen LogP contribution in [0.5, 0.6) is 11.5 Å². The van der Waals surface area contributed by atoms with E-state index in [-0.39, 0.29) is 5.75 Å². The first-order chi connectivity index (χ1) is 8.63. The lowest BCUT2D eigenvalue weighted by Crippen LogP contribution is -2.05. The molecule has 0 aliphatic rings. The first-order valence-electron chi connectivity index (χ1n) is 5.64. The predicted octanol–water partition coefficient (Wildman–Crippen LogP) is 3.29. The normalized spacial score (nSPS) is 10.3. The van der Waals surface area contributed by atoms with Crippen LogP contribution in [0.1, 0.15) is 11.3 Å². The van der Waals surface area contributed by atoms with Crippen molar-refractivity contribution in [3.63, 3.8) is 0 Å². The highest BCUT2D eigenvalue weighted by molar-refractivity contribution is 7.71. The molecule has 3 nitrogen and oxygen atoms in total. The average molecular weight is 261 g/mol. The van der Waals surface area contributed by atoms with Crippen LogP contribution in [0, 0.1) is 11.4 Å². The van der Waals surface area contributed by atoms with Crippen LogP contribution in [-0.4, -0.2) is 16.8 Å². The fourth-order valence-electron chi connectivity index (χ4n) is 1.85. The molecule has 4 heteroatoms. The van der Waals surface area contributed by atoms with Gasteiger partial charge < -0.3 is 14.4 Å². The Labute approximate surface area is 111 Å². The van der Waals surface area contributed by atoms with Gasteiger partial charge in [0.25, 0.3) is 0 Å². The van der Waals surface area contributed by atoms with Crippen molar-refractivity contribution in [1.29, 1.82) is 0 Å². The van der Waals surface area contributed by atoms with Gasteiger partial charge in [0.15, 0.2) is 5.75 Å². The molecule has 0 bridgehead atoms. The fourth-order valence-corrected chi connectivity index (χ4v) is 2.06. The Morgan fingerprint density at radius 2 is 2.00 bits per heavy atom. The van der Waals surface area contributed by atoms with E-state index < -0.39 is 0 Å². The van der Waals surface area contributed by atoms with Crippen molar-refractivity contribution in [3.05, 3.63) is 52.3 Å². The summed E-state index contributed by atoms with van der Waals surface area (Å²) in [6, 6.07) is 9.56. The molecule has 0 saturated carbocycles. The van der Waals surface area contributed by atoms with E-state index in [2.05, 4.69) is 0 Å². The number of aromatic hydroxyl groups is 1. The highest BCUT2D eigenvalue weighted by atomic mass is 32.1. The molecule has 2 aromatic rings. The SMILES string of the molecule is COc1ccccc1Cn1ccc(=S)c(O)c1C. The summed E-state index contributed by atoms with van der Waals surface area (Å²) < 4.78 is 7.74. The van der Waals surface area contributed by atoms with Gasteiger partial charge in [-0.05, 0) is 19.1 Å². The van der Waals surface area contributed by atoms with Gasteiger partial charge in [0.1, 0.15) is 5.75 Å². The summed E-state index contributed by atoms with van der Waals surface area (Å²) in [6.45, 7) is 2.49. The molecule has 1 aromatic heterocycles. The largest absolute Gasteiger partial charge is 0.505 e. The molecular weight excluding hydrogens is 246 g/mol. The van der Waals surface area contributed by atoms with E-state index in [1.54, 1.807) is 13.2 Å². The minimum Gasteiger partial charge on any atom is -0.505 e. The fraction of sp³-hybridized carbons (Fsp3) is 0.214. The van der Waals surface area contributed by atoms with Gasteiger partial charge in [-0.2, -0.15) is 0 Å². The van der Waals surface area contributed by atoms with Crippen molar-refractivity contribution < 1.29 is 9.84 Å². The average Bonchev–Trinajstić information content (AvgIpc) is 2.40. The Kier molecular flexibility index (Phi) is 3.67. The maximum atomic E-state index is 9.84. The van der Waals surface area contributed by atoms with Crippen LogP contribution in [0.25, 0.3) is 0 Å². The lowest BCUT2D eigenvalue weighted by Gasteiger charge is -2.14. The zero-order valence-electron chi connectivity index (χ0n) is 10.4. The molecule has 0 aliphatic carbocycles. The number of pyridine rings is 1. The van der Waals surface area contributed by atoms with Crippen LogP contribution in [0.4, 0.5) is 0 Å². The van der Waals surface area contributed by atoms with E-state index in [1.165, 1.54) is 0 Å². The molecule has 0 unspecified atom stereocenters. The molecule has 0 fully saturated rings. The van der Waals surface area contributed by atoms with E-state index >= 15 is 0 Å². The molecule has 1 N–H and O–H groups in total. The molecule has 0 amide bonds. The maximum Gasteiger partial charge on any atom is 0.152 e. The van der Waals surface area contributed by atoms with Crippen LogP contribution < -0.4 is 4.74 Å². The van der Waals surface area contributed by atoms with E-state index in [9.17, 15) is 5.11 Å². The van der Waals surface area contributed by atoms with Crippen molar-refractivity contribution in [2.45, 2.75) is 13.5 Å². The molecule has 1 aromatic carbocycles. The lowest BCUT2D eigenvalue weighted by atomic mass is 10.2. The molecule has 18 heavy (non-hydrogen) atoms. The zero-order valence-corrected chi connectivity index (χ0v) is 11.2. The Hall–Kier alpha value is -1.81. The Balaban J connectivity index is 2.40. The van der Waals surface area contributed by atoms with Crippen LogP contribution in [0.15, 0.2) is 36.5 Å². The number of benzene rings is 1. The Bertz CT molecular complexity index is 619. The quantitative estimate of drug-likeness (QED) is 0.861. The zero-order chi connectivity index (χ0) is 13.1. The number of rotatable bonds is 3. The second-order valence-corrected chi connectivity index (χ2v) is 4.49. The monoisotopic (exact) mass is 261 g/mol. The Morgan fingerprint density at radius 1 is 1.28 bits per heavy atom. The number of hydrogen-bond acceptors (Lipinski definition) is 3. The summed E-state index contributed by atoms with van der Waals surface area (Å²) in [5.41, 5.74) is 1.82. The smallest absolute Gasteiger partial charge is 0.152 e. The molecule has 0 spiro atoms. The first kappa shape index (κ1) is 12.6. The minimum atomic E-state index is 0.169. The summed E-state index contributed by atoms with van der Waals surface area (Å²) >= 11 is 5.03. The topological polar surface area (TPSA) is 34.4 Å². The third kappa shape index (κ3) is 2.38. The third-order valence-corrected chi connectivity index (χ3v) is 3.28. The highest BCUT2D eigenvalue weighted by Gasteiger charge is 2.06. The molecule has 0 aliphatic heterocycles. The van der Waals surface area contributed by atoms with Crippen LogP contribution in [0.3, 0.4) is 0 Å². The first-order valence-corrected chi connectivity index (χ1v) is 6.05. The summed E-state index contributed by atoms with van der Waals surface area (Å²) in [4.78, 5) is 0. The lowest BCUT2D eigenvalue weighted by molar-refractivity contribution is 0.407. The van der Waals surface area contributed by atoms with Crippen LogP contribution >= 0.6 is 12.2 Å². The molecule has 0 saturated heterocycles. The molecule has 94 valence electrons. The summed E-state index contributed by atoms with van der Waals surface area (Å²) in [5, 5.41) is 9.84. The second kappa shape index (κ2) is 5.23. The number of ether oxygens (including phenoxy) is 1. The summed E-state index contributed by atoms with van der Waals surface area (Å²) in [5.74, 6) is 1.01. The predicted molar refractivity (Wildman–Crippen MR) is 73.8 cm³/mol. The molecule has 0 atom stereocenters. The number of aromatic nitrogens is 1. The summed E-state index contributed by atoms with van der Waals surface area (Å²) in [7, 11) is 1.65.